The molecular weight excluding hydrogens is 489 g/mol. The Kier molecular flexibility index (Phi) is 6.42. The molecule has 3 heterocycles. The largest absolute Gasteiger partial charge is 0.438 e. The summed E-state index contributed by atoms with van der Waals surface area (Å²) in [6.07, 6.45) is -2.91. The Morgan fingerprint density at radius 1 is 1.11 bits per heavy atom. The standard InChI is InChI=1S/C25H23F3N6O3/c1-15-6-7-16(22(35)30-18-5-3-4-17(13-18)25(26,27)28)12-20(15)37-23-19-14-29-33(2)21(19)31-24(32-23)34-8-10-36-11-9-34/h3-7,12-14H,8-11H2,1-2H3,(H,30,35). The van der Waals surface area contributed by atoms with E-state index in [1.54, 1.807) is 30.1 Å². The monoisotopic (exact) mass is 512 g/mol. The van der Waals surface area contributed by atoms with Crippen molar-refractivity contribution in [2.24, 2.45) is 7.05 Å². The van der Waals surface area contributed by atoms with Crippen LogP contribution in [0.4, 0.5) is 24.8 Å². The number of carbonyl (C=O) groups is 1. The van der Waals surface area contributed by atoms with Crippen LogP contribution < -0.4 is 15.0 Å². The highest BCUT2D eigenvalue weighted by Gasteiger charge is 2.30. The molecule has 0 saturated carbocycles. The van der Waals surface area contributed by atoms with Crippen LogP contribution in [0.3, 0.4) is 0 Å². The number of ether oxygens (including phenoxy) is 2. The van der Waals surface area contributed by atoms with Crippen LogP contribution in [0.1, 0.15) is 21.5 Å². The fourth-order valence-electron chi connectivity index (χ4n) is 3.90. The predicted octanol–water partition coefficient (Wildman–Crippen LogP) is 4.57. The summed E-state index contributed by atoms with van der Waals surface area (Å²) >= 11 is 0. The van der Waals surface area contributed by atoms with Crippen LogP contribution in [0.2, 0.25) is 0 Å². The predicted molar refractivity (Wildman–Crippen MR) is 130 cm³/mol. The minimum absolute atomic E-state index is 0.0332. The summed E-state index contributed by atoms with van der Waals surface area (Å²) in [6.45, 7) is 4.20. The Hall–Kier alpha value is -4.19. The number of nitrogens with zero attached hydrogens (tertiary/aromatic N) is 5. The van der Waals surface area contributed by atoms with Crippen LogP contribution in [0, 0.1) is 6.92 Å². The van der Waals surface area contributed by atoms with Crippen molar-refractivity contribution in [2.75, 3.05) is 36.5 Å². The van der Waals surface area contributed by atoms with Crippen molar-refractivity contribution < 1.29 is 27.4 Å². The number of fused-ring (bicyclic) bond motifs is 1. The van der Waals surface area contributed by atoms with Gasteiger partial charge in [0.1, 0.15) is 11.1 Å². The second kappa shape index (κ2) is 9.69. The first-order valence-electron chi connectivity index (χ1n) is 11.5. The van der Waals surface area contributed by atoms with Crippen molar-refractivity contribution >= 4 is 28.6 Å². The quantitative estimate of drug-likeness (QED) is 0.419. The Morgan fingerprint density at radius 3 is 2.65 bits per heavy atom. The van der Waals surface area contributed by atoms with E-state index in [0.717, 1.165) is 17.7 Å². The number of aromatic nitrogens is 4. The minimum atomic E-state index is -4.51. The lowest BCUT2D eigenvalue weighted by Gasteiger charge is -2.27. The molecule has 0 bridgehead atoms. The van der Waals surface area contributed by atoms with E-state index in [1.807, 2.05) is 11.8 Å². The first kappa shape index (κ1) is 24.5. The van der Waals surface area contributed by atoms with E-state index in [4.69, 9.17) is 9.47 Å². The smallest absolute Gasteiger partial charge is 0.416 e. The second-order valence-electron chi connectivity index (χ2n) is 8.55. The Bertz CT molecular complexity index is 1460. The molecular formula is C25H23F3N6O3. The SMILES string of the molecule is Cc1ccc(C(=O)Nc2cccc(C(F)(F)F)c2)cc1Oc1nc(N2CCOCC2)nc2c1cnn2C. The van der Waals surface area contributed by atoms with E-state index in [-0.39, 0.29) is 17.1 Å². The number of hydrogen-bond acceptors (Lipinski definition) is 7. The molecule has 0 radical (unpaired) electrons. The number of nitrogens with one attached hydrogen (secondary N) is 1. The van der Waals surface area contributed by atoms with Gasteiger partial charge in [0, 0.05) is 31.4 Å². The molecule has 0 aliphatic carbocycles. The van der Waals surface area contributed by atoms with Gasteiger partial charge in [0.25, 0.3) is 5.91 Å². The number of carbonyl (C=O) groups excluding carboxylic acids is 1. The number of halogens is 3. The van der Waals surface area contributed by atoms with Gasteiger partial charge in [0.15, 0.2) is 5.65 Å². The van der Waals surface area contributed by atoms with Gasteiger partial charge in [-0.15, -0.1) is 0 Å². The van der Waals surface area contributed by atoms with E-state index < -0.39 is 17.6 Å². The summed E-state index contributed by atoms with van der Waals surface area (Å²) in [5, 5.41) is 7.38. The minimum Gasteiger partial charge on any atom is -0.438 e. The van der Waals surface area contributed by atoms with Gasteiger partial charge in [-0.05, 0) is 42.8 Å². The maximum atomic E-state index is 13.0. The zero-order chi connectivity index (χ0) is 26.2. The maximum Gasteiger partial charge on any atom is 0.416 e. The topological polar surface area (TPSA) is 94.4 Å². The van der Waals surface area contributed by atoms with Crippen LogP contribution in [0.5, 0.6) is 11.6 Å². The van der Waals surface area contributed by atoms with Gasteiger partial charge in [-0.1, -0.05) is 12.1 Å². The van der Waals surface area contributed by atoms with E-state index in [0.29, 0.717) is 49.0 Å². The van der Waals surface area contributed by atoms with Gasteiger partial charge in [-0.3, -0.25) is 9.48 Å². The lowest BCUT2D eigenvalue weighted by molar-refractivity contribution is -0.137. The van der Waals surface area contributed by atoms with Gasteiger partial charge in [-0.25, -0.2) is 0 Å². The van der Waals surface area contributed by atoms with Crippen molar-refractivity contribution in [3.05, 3.63) is 65.4 Å². The van der Waals surface area contributed by atoms with Gasteiger partial charge >= 0.3 is 6.18 Å². The Labute approximate surface area is 209 Å². The van der Waals surface area contributed by atoms with Crippen molar-refractivity contribution in [3.63, 3.8) is 0 Å². The number of aryl methyl sites for hydroxylation is 2. The number of morpholine rings is 1. The fraction of sp³-hybridized carbons (Fsp3) is 0.280. The normalized spacial score (nSPS) is 14.1. The molecule has 1 amide bonds. The highest BCUT2D eigenvalue weighted by Crippen LogP contribution is 2.33. The van der Waals surface area contributed by atoms with E-state index in [9.17, 15) is 18.0 Å². The van der Waals surface area contributed by atoms with Crippen LogP contribution in [0.15, 0.2) is 48.7 Å². The average Bonchev–Trinajstić information content (AvgIpc) is 3.26. The molecule has 5 rings (SSSR count). The third kappa shape index (κ3) is 5.19. The molecule has 0 unspecified atom stereocenters. The number of benzene rings is 2. The van der Waals surface area contributed by atoms with Gasteiger partial charge < -0.3 is 19.7 Å². The third-order valence-corrected chi connectivity index (χ3v) is 5.94. The van der Waals surface area contributed by atoms with E-state index in [1.165, 1.54) is 18.2 Å². The van der Waals surface area contributed by atoms with Crippen LogP contribution >= 0.6 is 0 Å². The lowest BCUT2D eigenvalue weighted by atomic mass is 10.1. The molecule has 2 aromatic heterocycles. The Balaban J connectivity index is 1.44. The summed E-state index contributed by atoms with van der Waals surface area (Å²) in [5.41, 5.74) is 0.717. The molecule has 1 aliphatic rings. The van der Waals surface area contributed by atoms with Crippen molar-refractivity contribution in [1.82, 2.24) is 19.7 Å². The summed E-state index contributed by atoms with van der Waals surface area (Å²) in [5.74, 6) is 0.546. The lowest BCUT2D eigenvalue weighted by Crippen LogP contribution is -2.37. The molecule has 12 heteroatoms. The van der Waals surface area contributed by atoms with Gasteiger partial charge in [0.2, 0.25) is 11.8 Å². The van der Waals surface area contributed by atoms with Gasteiger partial charge in [0.05, 0.1) is 25.0 Å². The van der Waals surface area contributed by atoms with Crippen molar-refractivity contribution in [1.29, 1.82) is 0 Å². The number of rotatable bonds is 5. The van der Waals surface area contributed by atoms with Crippen LogP contribution in [-0.2, 0) is 18.0 Å². The molecule has 0 spiro atoms. The summed E-state index contributed by atoms with van der Waals surface area (Å²) in [4.78, 5) is 24.1. The number of amides is 1. The van der Waals surface area contributed by atoms with Crippen LogP contribution in [-0.4, -0.2) is 52.0 Å². The van der Waals surface area contributed by atoms with Crippen LogP contribution in [0.25, 0.3) is 11.0 Å². The van der Waals surface area contributed by atoms with Crippen molar-refractivity contribution in [3.8, 4) is 11.6 Å². The summed E-state index contributed by atoms with van der Waals surface area (Å²) < 4.78 is 52.3. The maximum absolute atomic E-state index is 13.0. The number of anilines is 2. The van der Waals surface area contributed by atoms with Crippen molar-refractivity contribution in [2.45, 2.75) is 13.1 Å². The molecule has 4 aromatic rings. The Morgan fingerprint density at radius 2 is 1.89 bits per heavy atom. The number of hydrogen-bond donors (Lipinski definition) is 1. The highest BCUT2D eigenvalue weighted by molar-refractivity contribution is 6.04. The first-order chi connectivity index (χ1) is 17.7. The zero-order valence-corrected chi connectivity index (χ0v) is 20.0. The number of alkyl halides is 3. The molecule has 1 fully saturated rings. The molecule has 0 atom stereocenters. The van der Waals surface area contributed by atoms with Gasteiger partial charge in [-0.2, -0.15) is 28.2 Å². The molecule has 1 saturated heterocycles. The van der Waals surface area contributed by atoms with E-state index in [2.05, 4.69) is 20.4 Å². The first-order valence-corrected chi connectivity index (χ1v) is 11.5. The highest BCUT2D eigenvalue weighted by atomic mass is 19.4. The molecule has 9 nitrogen and oxygen atoms in total. The van der Waals surface area contributed by atoms with E-state index >= 15 is 0 Å². The average molecular weight is 512 g/mol. The summed E-state index contributed by atoms with van der Waals surface area (Å²) in [6, 6.07) is 9.26. The fourth-order valence-corrected chi connectivity index (χ4v) is 3.90. The third-order valence-electron chi connectivity index (χ3n) is 5.94. The molecule has 37 heavy (non-hydrogen) atoms. The molecule has 1 N–H and O–H groups in total. The zero-order valence-electron chi connectivity index (χ0n) is 20.0. The molecule has 192 valence electrons. The summed E-state index contributed by atoms with van der Waals surface area (Å²) in [7, 11) is 1.77. The molecule has 2 aromatic carbocycles. The molecule has 1 aliphatic heterocycles. The second-order valence-corrected chi connectivity index (χ2v) is 8.55.